The summed E-state index contributed by atoms with van der Waals surface area (Å²) < 4.78 is 18.6. The molecule has 0 radical (unpaired) electrons. The number of rotatable bonds is 4. The van der Waals surface area contributed by atoms with E-state index in [2.05, 4.69) is 0 Å². The second-order valence-electron chi connectivity index (χ2n) is 3.95. The SMILES string of the molecule is NCC(Oc1cccc(Cl)c1Cl)c1ccc(F)cc1. The zero-order chi connectivity index (χ0) is 13.8. The third-order valence-corrected chi connectivity index (χ3v) is 3.44. The number of hydrogen-bond acceptors (Lipinski definition) is 2. The van der Waals surface area contributed by atoms with Crippen molar-refractivity contribution in [1.82, 2.24) is 0 Å². The molecule has 0 saturated heterocycles. The molecule has 0 heterocycles. The number of hydrogen-bond donors (Lipinski definition) is 1. The standard InChI is InChI=1S/C14H12Cl2FNO/c15-11-2-1-3-12(14(11)16)19-13(8-18)9-4-6-10(17)7-5-9/h1-7,13H,8,18H2. The zero-order valence-electron chi connectivity index (χ0n) is 9.95. The lowest BCUT2D eigenvalue weighted by Crippen LogP contribution is -2.18. The van der Waals surface area contributed by atoms with Crippen molar-refractivity contribution in [2.75, 3.05) is 6.54 Å². The molecular formula is C14H12Cl2FNO. The van der Waals surface area contributed by atoms with E-state index in [0.717, 1.165) is 5.56 Å². The molecule has 100 valence electrons. The van der Waals surface area contributed by atoms with Crippen molar-refractivity contribution < 1.29 is 9.13 Å². The zero-order valence-corrected chi connectivity index (χ0v) is 11.5. The number of nitrogens with two attached hydrogens (primary N) is 1. The monoisotopic (exact) mass is 299 g/mol. The highest BCUT2D eigenvalue weighted by Crippen LogP contribution is 2.34. The first-order chi connectivity index (χ1) is 9.11. The molecule has 2 aromatic rings. The summed E-state index contributed by atoms with van der Waals surface area (Å²) in [6.07, 6.45) is -0.406. The van der Waals surface area contributed by atoms with Gasteiger partial charge >= 0.3 is 0 Å². The van der Waals surface area contributed by atoms with E-state index in [1.807, 2.05) is 0 Å². The molecule has 19 heavy (non-hydrogen) atoms. The van der Waals surface area contributed by atoms with Crippen LogP contribution in [0.15, 0.2) is 42.5 Å². The van der Waals surface area contributed by atoms with Crippen LogP contribution in [-0.2, 0) is 0 Å². The van der Waals surface area contributed by atoms with Crippen LogP contribution in [0.4, 0.5) is 4.39 Å². The van der Waals surface area contributed by atoms with Crippen LogP contribution in [0.25, 0.3) is 0 Å². The molecule has 2 rings (SSSR count). The molecule has 0 aromatic heterocycles. The largest absolute Gasteiger partial charge is 0.483 e. The maximum atomic E-state index is 12.9. The first kappa shape index (κ1) is 14.1. The van der Waals surface area contributed by atoms with Crippen LogP contribution in [0.2, 0.25) is 10.0 Å². The van der Waals surface area contributed by atoms with E-state index in [4.69, 9.17) is 33.7 Å². The van der Waals surface area contributed by atoms with Crippen molar-refractivity contribution in [3.63, 3.8) is 0 Å². The van der Waals surface area contributed by atoms with Crippen molar-refractivity contribution >= 4 is 23.2 Å². The molecule has 1 unspecified atom stereocenters. The lowest BCUT2D eigenvalue weighted by atomic mass is 10.1. The van der Waals surface area contributed by atoms with Gasteiger partial charge in [-0.15, -0.1) is 0 Å². The average Bonchev–Trinajstić information content (AvgIpc) is 2.42. The van der Waals surface area contributed by atoms with E-state index in [9.17, 15) is 4.39 Å². The molecule has 5 heteroatoms. The molecule has 0 saturated carbocycles. The maximum Gasteiger partial charge on any atom is 0.140 e. The van der Waals surface area contributed by atoms with Crippen molar-refractivity contribution in [1.29, 1.82) is 0 Å². The predicted octanol–water partition coefficient (Wildman–Crippen LogP) is 4.21. The Bertz CT molecular complexity index is 560. The fourth-order valence-electron chi connectivity index (χ4n) is 1.66. The predicted molar refractivity (Wildman–Crippen MR) is 75.3 cm³/mol. The molecular weight excluding hydrogens is 288 g/mol. The fraction of sp³-hybridized carbons (Fsp3) is 0.143. The Morgan fingerprint density at radius 3 is 2.42 bits per heavy atom. The quantitative estimate of drug-likeness (QED) is 0.918. The first-order valence-corrected chi connectivity index (χ1v) is 6.43. The van der Waals surface area contributed by atoms with Gasteiger partial charge < -0.3 is 10.5 Å². The molecule has 0 aliphatic rings. The van der Waals surface area contributed by atoms with Gasteiger partial charge in [0.25, 0.3) is 0 Å². The minimum absolute atomic E-state index is 0.245. The highest BCUT2D eigenvalue weighted by atomic mass is 35.5. The third-order valence-electron chi connectivity index (χ3n) is 2.64. The van der Waals surface area contributed by atoms with E-state index in [1.165, 1.54) is 12.1 Å². The minimum atomic E-state index is -0.406. The van der Waals surface area contributed by atoms with E-state index in [1.54, 1.807) is 30.3 Å². The van der Waals surface area contributed by atoms with E-state index in [-0.39, 0.29) is 12.4 Å². The Hall–Kier alpha value is -1.29. The number of ether oxygens (including phenoxy) is 1. The highest BCUT2D eigenvalue weighted by molar-refractivity contribution is 6.42. The molecule has 0 aliphatic carbocycles. The summed E-state index contributed by atoms with van der Waals surface area (Å²) in [6, 6.07) is 11.1. The second kappa shape index (κ2) is 6.24. The smallest absolute Gasteiger partial charge is 0.140 e. The molecule has 2 aromatic carbocycles. The van der Waals surface area contributed by atoms with Gasteiger partial charge in [0.1, 0.15) is 22.7 Å². The Morgan fingerprint density at radius 1 is 1.11 bits per heavy atom. The van der Waals surface area contributed by atoms with Crippen LogP contribution in [0.1, 0.15) is 11.7 Å². The van der Waals surface area contributed by atoms with E-state index >= 15 is 0 Å². The van der Waals surface area contributed by atoms with Gasteiger partial charge in [-0.1, -0.05) is 41.4 Å². The lowest BCUT2D eigenvalue weighted by Gasteiger charge is -2.19. The van der Waals surface area contributed by atoms with Crippen molar-refractivity contribution in [2.45, 2.75) is 6.10 Å². The summed E-state index contributed by atoms with van der Waals surface area (Å²) in [5.41, 5.74) is 6.46. The summed E-state index contributed by atoms with van der Waals surface area (Å²) in [5.74, 6) is 0.147. The molecule has 2 N–H and O–H groups in total. The Labute approximate surface area is 120 Å². The number of halogens is 3. The van der Waals surface area contributed by atoms with Crippen molar-refractivity contribution in [2.24, 2.45) is 5.73 Å². The molecule has 0 spiro atoms. The van der Waals surface area contributed by atoms with Gasteiger partial charge in [0.15, 0.2) is 0 Å². The Morgan fingerprint density at radius 2 is 1.79 bits per heavy atom. The van der Waals surface area contributed by atoms with Crippen LogP contribution in [-0.4, -0.2) is 6.54 Å². The lowest BCUT2D eigenvalue weighted by molar-refractivity contribution is 0.214. The molecule has 2 nitrogen and oxygen atoms in total. The van der Waals surface area contributed by atoms with Crippen molar-refractivity contribution in [3.05, 3.63) is 63.9 Å². The third kappa shape index (κ3) is 3.38. The summed E-state index contributed by atoms with van der Waals surface area (Å²) in [5, 5.41) is 0.749. The summed E-state index contributed by atoms with van der Waals surface area (Å²) >= 11 is 12.0. The van der Waals surface area contributed by atoms with Gasteiger partial charge in [-0.25, -0.2) is 4.39 Å². The highest BCUT2D eigenvalue weighted by Gasteiger charge is 2.14. The van der Waals surface area contributed by atoms with Gasteiger partial charge in [-0.2, -0.15) is 0 Å². The van der Waals surface area contributed by atoms with Crippen LogP contribution < -0.4 is 10.5 Å². The van der Waals surface area contributed by atoms with Gasteiger partial charge in [0.05, 0.1) is 5.02 Å². The first-order valence-electron chi connectivity index (χ1n) is 5.68. The van der Waals surface area contributed by atoms with Crippen LogP contribution >= 0.6 is 23.2 Å². The van der Waals surface area contributed by atoms with Crippen LogP contribution in [0.5, 0.6) is 5.75 Å². The number of benzene rings is 2. The molecule has 1 atom stereocenters. The van der Waals surface area contributed by atoms with Crippen LogP contribution in [0, 0.1) is 5.82 Å². The normalized spacial score (nSPS) is 12.2. The van der Waals surface area contributed by atoms with Gasteiger partial charge in [-0.3, -0.25) is 0 Å². The Balaban J connectivity index is 2.24. The molecule has 0 bridgehead atoms. The maximum absolute atomic E-state index is 12.9. The van der Waals surface area contributed by atoms with Gasteiger partial charge in [-0.05, 0) is 29.8 Å². The minimum Gasteiger partial charge on any atom is -0.483 e. The summed E-state index contributed by atoms with van der Waals surface area (Å²) in [7, 11) is 0. The van der Waals surface area contributed by atoms with E-state index < -0.39 is 6.10 Å². The van der Waals surface area contributed by atoms with Crippen molar-refractivity contribution in [3.8, 4) is 5.75 Å². The Kier molecular flexibility index (Phi) is 4.64. The molecule has 0 aliphatic heterocycles. The summed E-state index contributed by atoms with van der Waals surface area (Å²) in [6.45, 7) is 0.245. The second-order valence-corrected chi connectivity index (χ2v) is 4.73. The average molecular weight is 300 g/mol. The topological polar surface area (TPSA) is 35.2 Å². The van der Waals surface area contributed by atoms with Gasteiger partial charge in [0.2, 0.25) is 0 Å². The molecule has 0 fully saturated rings. The van der Waals surface area contributed by atoms with Crippen LogP contribution in [0.3, 0.4) is 0 Å². The fourth-order valence-corrected chi connectivity index (χ4v) is 1.99. The van der Waals surface area contributed by atoms with Gasteiger partial charge in [0, 0.05) is 6.54 Å². The molecule has 0 amide bonds. The van der Waals surface area contributed by atoms with E-state index in [0.29, 0.717) is 15.8 Å². The summed E-state index contributed by atoms with van der Waals surface area (Å²) in [4.78, 5) is 0.